The molecule has 7 heteroatoms. The molecule has 2 unspecified atom stereocenters. The molecular weight excluding hydrogens is 487 g/mol. The molecule has 0 spiro atoms. The Balaban J connectivity index is 0.000000381. The van der Waals surface area contributed by atoms with Gasteiger partial charge in [-0.15, -0.1) is 0 Å². The normalized spacial score (nSPS) is 14.1. The van der Waals surface area contributed by atoms with Crippen molar-refractivity contribution in [1.82, 2.24) is 0 Å². The summed E-state index contributed by atoms with van der Waals surface area (Å²) in [5, 5.41) is 0. The van der Waals surface area contributed by atoms with Crippen molar-refractivity contribution in [2.75, 3.05) is 13.2 Å². The van der Waals surface area contributed by atoms with Crippen LogP contribution in [0.2, 0.25) is 0 Å². The van der Waals surface area contributed by atoms with Gasteiger partial charge in [0.05, 0.1) is 13.2 Å². The first-order valence-corrected chi connectivity index (χ1v) is 15.1. The summed E-state index contributed by atoms with van der Waals surface area (Å²) in [6, 6.07) is 17.2. The van der Waals surface area contributed by atoms with Crippen LogP contribution in [0.15, 0.2) is 60.7 Å². The summed E-state index contributed by atoms with van der Waals surface area (Å²) in [6.07, 6.45) is 8.56. The van der Waals surface area contributed by atoms with Gasteiger partial charge in [-0.2, -0.15) is 0 Å². The second kappa shape index (κ2) is 19.0. The Morgan fingerprint density at radius 1 is 0.703 bits per heavy atom. The van der Waals surface area contributed by atoms with E-state index in [1.54, 1.807) is 48.5 Å². The predicted molar refractivity (Wildman–Crippen MR) is 150 cm³/mol. The van der Waals surface area contributed by atoms with Crippen molar-refractivity contribution in [3.8, 4) is 0 Å². The highest BCUT2D eigenvalue weighted by molar-refractivity contribution is 7.47. The third kappa shape index (κ3) is 13.8. The average Bonchev–Trinajstić information content (AvgIpc) is 2.93. The number of carbonyl (C=O) groups excluding carboxylic acids is 2. The van der Waals surface area contributed by atoms with Crippen LogP contribution in [0.5, 0.6) is 0 Å². The van der Waals surface area contributed by atoms with E-state index in [1.807, 2.05) is 12.1 Å². The summed E-state index contributed by atoms with van der Waals surface area (Å²) in [5.74, 6) is -0.245. The average molecular weight is 533 g/mol. The molecule has 1 N–H and O–H groups in total. The Morgan fingerprint density at radius 2 is 1.05 bits per heavy atom. The van der Waals surface area contributed by atoms with Gasteiger partial charge in [-0.05, 0) is 24.7 Å². The molecule has 0 aromatic heterocycles. The Labute approximate surface area is 223 Å². The molecule has 6 nitrogen and oxygen atoms in total. The van der Waals surface area contributed by atoms with Crippen LogP contribution in [-0.4, -0.2) is 29.7 Å². The molecule has 0 aliphatic heterocycles. The van der Waals surface area contributed by atoms with Gasteiger partial charge in [-0.3, -0.25) is 18.6 Å². The number of phosphoric ester groups is 1. The number of phosphoric acid groups is 1. The number of hydrogen-bond donors (Lipinski definition) is 1. The fraction of sp³-hybridized carbons (Fsp3) is 0.533. The van der Waals surface area contributed by atoms with Gasteiger partial charge in [0.2, 0.25) is 11.6 Å². The minimum absolute atomic E-state index is 0.316. The second-order valence-corrected chi connectivity index (χ2v) is 10.7. The zero-order valence-corrected chi connectivity index (χ0v) is 23.8. The van der Waals surface area contributed by atoms with E-state index < -0.39 is 19.4 Å². The topological polar surface area (TPSA) is 89.9 Å². The molecule has 0 fully saturated rings. The van der Waals surface area contributed by atoms with E-state index in [4.69, 9.17) is 9.05 Å². The van der Waals surface area contributed by atoms with Crippen LogP contribution in [0.1, 0.15) is 99.8 Å². The number of carbonyl (C=O) groups is 2. The molecule has 206 valence electrons. The highest BCUT2D eigenvalue weighted by atomic mass is 31.2. The van der Waals surface area contributed by atoms with Crippen molar-refractivity contribution < 1.29 is 28.1 Å². The molecule has 0 aliphatic rings. The first-order chi connectivity index (χ1) is 17.8. The number of unbranched alkanes of at least 4 members (excludes halogenated alkanes) is 2. The molecule has 0 aliphatic carbocycles. The Kier molecular flexibility index (Phi) is 16.9. The zero-order chi connectivity index (χ0) is 27.5. The van der Waals surface area contributed by atoms with Crippen LogP contribution >= 0.6 is 7.82 Å². The maximum atomic E-state index is 11.9. The maximum Gasteiger partial charge on any atom is 0.472 e. The second-order valence-electron chi connectivity index (χ2n) is 9.28. The smallest absolute Gasteiger partial charge is 0.302 e. The van der Waals surface area contributed by atoms with Crippen LogP contribution in [-0.2, 0) is 13.6 Å². The largest absolute Gasteiger partial charge is 0.472 e. The molecule has 0 saturated heterocycles. The molecule has 2 aromatic carbocycles. The lowest BCUT2D eigenvalue weighted by Gasteiger charge is -2.20. The molecule has 37 heavy (non-hydrogen) atoms. The van der Waals surface area contributed by atoms with E-state index in [0.717, 1.165) is 51.4 Å². The van der Waals surface area contributed by atoms with Crippen LogP contribution in [0.3, 0.4) is 0 Å². The third-order valence-electron chi connectivity index (χ3n) is 6.31. The number of hydrogen-bond acceptors (Lipinski definition) is 5. The van der Waals surface area contributed by atoms with Crippen LogP contribution < -0.4 is 0 Å². The summed E-state index contributed by atoms with van der Waals surface area (Å²) in [5.41, 5.74) is 0.854. The van der Waals surface area contributed by atoms with E-state index in [1.165, 1.54) is 0 Å². The molecule has 2 atom stereocenters. The lowest BCUT2D eigenvalue weighted by molar-refractivity contribution is 0.0817. The van der Waals surface area contributed by atoms with E-state index in [-0.39, 0.29) is 0 Å². The highest BCUT2D eigenvalue weighted by Gasteiger charge is 2.24. The molecule has 0 radical (unpaired) electrons. The van der Waals surface area contributed by atoms with Gasteiger partial charge in [-0.1, -0.05) is 127 Å². The first-order valence-electron chi connectivity index (χ1n) is 13.6. The number of benzene rings is 2. The van der Waals surface area contributed by atoms with Crippen LogP contribution in [0.4, 0.5) is 0 Å². The highest BCUT2D eigenvalue weighted by Crippen LogP contribution is 2.44. The van der Waals surface area contributed by atoms with Crippen LogP contribution in [0, 0.1) is 11.8 Å². The Morgan fingerprint density at radius 3 is 1.35 bits per heavy atom. The fourth-order valence-electron chi connectivity index (χ4n) is 3.67. The quantitative estimate of drug-likeness (QED) is 0.125. The number of rotatable bonds is 17. The molecule has 2 aromatic rings. The predicted octanol–water partition coefficient (Wildman–Crippen LogP) is 8.31. The summed E-state index contributed by atoms with van der Waals surface area (Å²) >= 11 is 0. The lowest BCUT2D eigenvalue weighted by Crippen LogP contribution is -2.14. The van der Waals surface area contributed by atoms with Crippen molar-refractivity contribution in [2.45, 2.75) is 79.1 Å². The summed E-state index contributed by atoms with van der Waals surface area (Å²) in [4.78, 5) is 33.4. The van der Waals surface area contributed by atoms with Gasteiger partial charge in [-0.25, -0.2) is 4.57 Å². The maximum absolute atomic E-state index is 11.9. The first kappa shape index (κ1) is 32.9. The van der Waals surface area contributed by atoms with E-state index in [9.17, 15) is 19.0 Å². The van der Waals surface area contributed by atoms with Crippen molar-refractivity contribution in [2.24, 2.45) is 11.8 Å². The molecule has 0 bridgehead atoms. The standard InChI is InChI=1S/C16H35O4P.C14H10O2/c1-5-9-11-15(7-3)13-19-21(17,18)20-14-16(8-4)12-10-6-2;15-13(11-7-3-1-4-8-11)14(16)12-9-5-2-6-10-12/h15-16H,5-14H2,1-4H3,(H,17,18);1-10H. The van der Waals surface area contributed by atoms with Gasteiger partial charge in [0.1, 0.15) is 0 Å². The van der Waals surface area contributed by atoms with Gasteiger partial charge < -0.3 is 4.89 Å². The molecule has 0 amide bonds. The molecular formula is C30H45O6P. The zero-order valence-electron chi connectivity index (χ0n) is 22.9. The molecule has 2 rings (SSSR count). The van der Waals surface area contributed by atoms with Crippen molar-refractivity contribution in [3.63, 3.8) is 0 Å². The fourth-order valence-corrected chi connectivity index (χ4v) is 4.55. The SMILES string of the molecule is CCCCC(CC)COP(=O)(O)OCC(CC)CCCC.O=C(C(=O)c1ccccc1)c1ccccc1. The minimum atomic E-state index is -3.89. The van der Waals surface area contributed by atoms with Crippen molar-refractivity contribution >= 4 is 19.4 Å². The minimum Gasteiger partial charge on any atom is -0.302 e. The van der Waals surface area contributed by atoms with Crippen molar-refractivity contribution in [1.29, 1.82) is 0 Å². The van der Waals surface area contributed by atoms with Gasteiger partial charge in [0, 0.05) is 11.1 Å². The van der Waals surface area contributed by atoms with Gasteiger partial charge in [0.25, 0.3) is 0 Å². The summed E-state index contributed by atoms with van der Waals surface area (Å²) < 4.78 is 22.2. The van der Waals surface area contributed by atoms with E-state index >= 15 is 0 Å². The van der Waals surface area contributed by atoms with E-state index in [2.05, 4.69) is 27.7 Å². The van der Waals surface area contributed by atoms with Gasteiger partial charge in [0.15, 0.2) is 0 Å². The number of Topliss-reactive ketones (excluding diaryl/α,β-unsaturated/α-hetero) is 2. The summed E-state index contributed by atoms with van der Waals surface area (Å²) in [6.45, 7) is 9.10. The Bertz CT molecular complexity index is 858. The van der Waals surface area contributed by atoms with Gasteiger partial charge >= 0.3 is 7.82 Å². The van der Waals surface area contributed by atoms with Crippen molar-refractivity contribution in [3.05, 3.63) is 71.8 Å². The lowest BCUT2D eigenvalue weighted by atomic mass is 10.0. The molecule has 0 heterocycles. The van der Waals surface area contributed by atoms with Crippen LogP contribution in [0.25, 0.3) is 0 Å². The Hall–Kier alpha value is -2.11. The monoisotopic (exact) mass is 532 g/mol. The summed E-state index contributed by atoms with van der Waals surface area (Å²) in [7, 11) is -3.89. The number of ketones is 2. The molecule has 0 saturated carbocycles. The van der Waals surface area contributed by atoms with E-state index in [0.29, 0.717) is 36.2 Å². The third-order valence-corrected chi connectivity index (χ3v) is 7.26.